The molecule has 1 amide bonds. The molecule has 0 spiro atoms. The number of carbonyl (C=O) groups is 1. The van der Waals surface area contributed by atoms with Crippen LogP contribution in [0.5, 0.6) is 0 Å². The van der Waals surface area contributed by atoms with Gasteiger partial charge in [-0.1, -0.05) is 0 Å². The highest BCUT2D eigenvalue weighted by Crippen LogP contribution is 2.15. The van der Waals surface area contributed by atoms with Gasteiger partial charge in [-0.05, 0) is 26.7 Å². The monoisotopic (exact) mass is 196 g/mol. The number of amides is 1. The predicted octanol–water partition coefficient (Wildman–Crippen LogP) is 0.974. The maximum absolute atomic E-state index is 11.4. The molecule has 0 aromatic heterocycles. The van der Waals surface area contributed by atoms with Crippen molar-refractivity contribution in [3.63, 3.8) is 0 Å². The minimum absolute atomic E-state index is 0.0458. The lowest BCUT2D eigenvalue weighted by molar-refractivity contribution is -0.124. The highest BCUT2D eigenvalue weighted by molar-refractivity contribution is 5.77. The maximum Gasteiger partial charge on any atom is 0.223 e. The summed E-state index contributed by atoms with van der Waals surface area (Å²) in [6, 6.07) is 2.02. The molecule has 1 rings (SSSR count). The lowest BCUT2D eigenvalue weighted by atomic mass is 10.1. The highest BCUT2D eigenvalue weighted by atomic mass is 16.5. The van der Waals surface area contributed by atoms with Crippen LogP contribution in [-0.2, 0) is 9.53 Å². The molecular weight excluding hydrogens is 180 g/mol. The summed E-state index contributed by atoms with van der Waals surface area (Å²) in [6.45, 7) is 4.11. The first kappa shape index (κ1) is 11.0. The second-order valence-corrected chi connectivity index (χ2v) is 4.12. The first-order chi connectivity index (χ1) is 6.53. The van der Waals surface area contributed by atoms with Gasteiger partial charge in [-0.2, -0.15) is 5.26 Å². The van der Waals surface area contributed by atoms with Gasteiger partial charge in [0.2, 0.25) is 5.91 Å². The molecule has 1 fully saturated rings. The molecule has 1 aliphatic rings. The molecule has 4 nitrogen and oxygen atoms in total. The van der Waals surface area contributed by atoms with E-state index in [2.05, 4.69) is 5.32 Å². The van der Waals surface area contributed by atoms with E-state index in [1.807, 2.05) is 6.07 Å². The van der Waals surface area contributed by atoms with Crippen molar-refractivity contribution in [3.8, 4) is 6.07 Å². The Morgan fingerprint density at radius 2 is 2.43 bits per heavy atom. The van der Waals surface area contributed by atoms with Crippen LogP contribution >= 0.6 is 0 Å². The van der Waals surface area contributed by atoms with Crippen molar-refractivity contribution in [2.75, 3.05) is 6.61 Å². The lowest BCUT2D eigenvalue weighted by Crippen LogP contribution is -2.43. The number of nitriles is 1. The molecule has 0 radical (unpaired) electrons. The minimum Gasteiger partial charge on any atom is -0.378 e. The summed E-state index contributed by atoms with van der Waals surface area (Å²) >= 11 is 0. The Hall–Kier alpha value is -1.08. The van der Waals surface area contributed by atoms with Crippen LogP contribution in [0.3, 0.4) is 0 Å². The molecule has 1 atom stereocenters. The predicted molar refractivity (Wildman–Crippen MR) is 51.4 cm³/mol. The molecule has 0 saturated carbocycles. The van der Waals surface area contributed by atoms with Gasteiger partial charge in [-0.3, -0.25) is 4.79 Å². The van der Waals surface area contributed by atoms with Gasteiger partial charge in [-0.25, -0.2) is 0 Å². The minimum atomic E-state index is -0.782. The largest absolute Gasteiger partial charge is 0.378 e. The van der Waals surface area contributed by atoms with E-state index in [9.17, 15) is 4.79 Å². The van der Waals surface area contributed by atoms with Crippen LogP contribution in [0.1, 0.15) is 33.1 Å². The summed E-state index contributed by atoms with van der Waals surface area (Å²) in [5.74, 6) is -0.108. The molecule has 1 heterocycles. The maximum atomic E-state index is 11.4. The summed E-state index contributed by atoms with van der Waals surface area (Å²) in [7, 11) is 0. The van der Waals surface area contributed by atoms with Crippen molar-refractivity contribution in [1.29, 1.82) is 5.26 Å². The van der Waals surface area contributed by atoms with Crippen LogP contribution < -0.4 is 5.32 Å². The van der Waals surface area contributed by atoms with Gasteiger partial charge >= 0.3 is 0 Å². The summed E-state index contributed by atoms with van der Waals surface area (Å²) in [4.78, 5) is 11.4. The number of hydrogen-bond acceptors (Lipinski definition) is 3. The van der Waals surface area contributed by atoms with Gasteiger partial charge in [0.15, 0.2) is 0 Å². The van der Waals surface area contributed by atoms with E-state index in [4.69, 9.17) is 10.00 Å². The smallest absolute Gasteiger partial charge is 0.223 e. The number of hydrogen-bond donors (Lipinski definition) is 1. The first-order valence-corrected chi connectivity index (χ1v) is 4.87. The first-order valence-electron chi connectivity index (χ1n) is 4.87. The molecule has 1 saturated heterocycles. The molecule has 1 unspecified atom stereocenters. The quantitative estimate of drug-likeness (QED) is 0.731. The fourth-order valence-corrected chi connectivity index (χ4v) is 1.44. The standard InChI is InChI=1S/C10H16N2O2/c1-10(2,7-11)12-9(13)6-8-4-3-5-14-8/h8H,3-6H2,1-2H3,(H,12,13). The zero-order valence-electron chi connectivity index (χ0n) is 8.67. The Kier molecular flexibility index (Phi) is 3.48. The van der Waals surface area contributed by atoms with E-state index in [0.29, 0.717) is 6.42 Å². The normalized spacial score (nSPS) is 21.6. The zero-order chi connectivity index (χ0) is 10.6. The Morgan fingerprint density at radius 1 is 1.71 bits per heavy atom. The van der Waals surface area contributed by atoms with Gasteiger partial charge in [0.1, 0.15) is 5.54 Å². The molecule has 1 aliphatic heterocycles. The van der Waals surface area contributed by atoms with Crippen molar-refractivity contribution in [1.82, 2.24) is 5.32 Å². The van der Waals surface area contributed by atoms with Crippen molar-refractivity contribution < 1.29 is 9.53 Å². The SMILES string of the molecule is CC(C)(C#N)NC(=O)CC1CCCO1. The van der Waals surface area contributed by atoms with Crippen LogP contribution in [0.25, 0.3) is 0 Å². The van der Waals surface area contributed by atoms with Crippen LogP contribution in [0, 0.1) is 11.3 Å². The molecule has 0 aromatic carbocycles. The molecule has 0 bridgehead atoms. The summed E-state index contributed by atoms with van der Waals surface area (Å²) in [5, 5.41) is 11.4. The fourth-order valence-electron chi connectivity index (χ4n) is 1.44. The van der Waals surface area contributed by atoms with E-state index < -0.39 is 5.54 Å². The Labute approximate surface area is 84.2 Å². The van der Waals surface area contributed by atoms with Crippen molar-refractivity contribution >= 4 is 5.91 Å². The van der Waals surface area contributed by atoms with Gasteiger partial charge in [0.05, 0.1) is 18.6 Å². The number of rotatable bonds is 3. The summed E-state index contributed by atoms with van der Waals surface area (Å²) < 4.78 is 5.33. The van der Waals surface area contributed by atoms with Crippen LogP contribution in [0.4, 0.5) is 0 Å². The summed E-state index contributed by atoms with van der Waals surface area (Å²) in [5.41, 5.74) is -0.782. The average molecular weight is 196 g/mol. The van der Waals surface area contributed by atoms with E-state index in [0.717, 1.165) is 19.4 Å². The van der Waals surface area contributed by atoms with Crippen LogP contribution in [0.2, 0.25) is 0 Å². The van der Waals surface area contributed by atoms with Crippen molar-refractivity contribution in [2.24, 2.45) is 0 Å². The molecular formula is C10H16N2O2. The molecule has 0 aromatic rings. The molecule has 1 N–H and O–H groups in total. The number of carbonyl (C=O) groups excluding carboxylic acids is 1. The third-order valence-corrected chi connectivity index (χ3v) is 2.17. The highest BCUT2D eigenvalue weighted by Gasteiger charge is 2.23. The fraction of sp³-hybridized carbons (Fsp3) is 0.800. The third kappa shape index (κ3) is 3.35. The van der Waals surface area contributed by atoms with Crippen LogP contribution in [-0.4, -0.2) is 24.2 Å². The second-order valence-electron chi connectivity index (χ2n) is 4.12. The average Bonchev–Trinajstić information content (AvgIpc) is 2.55. The van der Waals surface area contributed by atoms with Gasteiger partial charge in [0, 0.05) is 6.61 Å². The molecule has 14 heavy (non-hydrogen) atoms. The lowest BCUT2D eigenvalue weighted by Gasteiger charge is -2.18. The van der Waals surface area contributed by atoms with E-state index in [1.165, 1.54) is 0 Å². The van der Waals surface area contributed by atoms with Crippen LogP contribution in [0.15, 0.2) is 0 Å². The second kappa shape index (κ2) is 4.43. The zero-order valence-corrected chi connectivity index (χ0v) is 8.67. The number of ether oxygens (including phenoxy) is 1. The van der Waals surface area contributed by atoms with Gasteiger partial charge in [-0.15, -0.1) is 0 Å². The topological polar surface area (TPSA) is 62.1 Å². The third-order valence-electron chi connectivity index (χ3n) is 2.17. The molecule has 0 aliphatic carbocycles. The van der Waals surface area contributed by atoms with E-state index in [1.54, 1.807) is 13.8 Å². The number of nitrogens with one attached hydrogen (secondary N) is 1. The van der Waals surface area contributed by atoms with Gasteiger partial charge < -0.3 is 10.1 Å². The molecule has 4 heteroatoms. The van der Waals surface area contributed by atoms with E-state index in [-0.39, 0.29) is 12.0 Å². The molecule has 78 valence electrons. The van der Waals surface area contributed by atoms with Crippen molar-refractivity contribution in [2.45, 2.75) is 44.8 Å². The Balaban J connectivity index is 2.32. The summed E-state index contributed by atoms with van der Waals surface area (Å²) in [6.07, 6.45) is 2.38. The van der Waals surface area contributed by atoms with Crippen molar-refractivity contribution in [3.05, 3.63) is 0 Å². The Bertz CT molecular complexity index is 249. The van der Waals surface area contributed by atoms with Gasteiger partial charge in [0.25, 0.3) is 0 Å². The Morgan fingerprint density at radius 3 is 2.93 bits per heavy atom. The van der Waals surface area contributed by atoms with E-state index >= 15 is 0 Å². The number of nitrogens with zero attached hydrogens (tertiary/aromatic N) is 1.